The topological polar surface area (TPSA) is 25.8 Å². The van der Waals surface area contributed by atoms with Crippen LogP contribution in [0, 0.1) is 0 Å². The van der Waals surface area contributed by atoms with Crippen LogP contribution < -0.4 is 0 Å². The maximum atomic E-state index is 5.01. The summed E-state index contributed by atoms with van der Waals surface area (Å²) < 4.78 is 0. The summed E-state index contributed by atoms with van der Waals surface area (Å²) in [6, 6.07) is 15.2. The summed E-state index contributed by atoms with van der Waals surface area (Å²) in [7, 11) is 0. The van der Waals surface area contributed by atoms with Crippen LogP contribution in [-0.2, 0) is 19.3 Å². The van der Waals surface area contributed by atoms with E-state index in [1.165, 1.54) is 27.8 Å². The van der Waals surface area contributed by atoms with Crippen LogP contribution in [0.5, 0.6) is 0 Å². The third kappa shape index (κ3) is 1.53. The first-order valence-electron chi connectivity index (χ1n) is 7.45. The summed E-state index contributed by atoms with van der Waals surface area (Å²) in [6.45, 7) is 0. The molecule has 2 nitrogen and oxygen atoms in total. The van der Waals surface area contributed by atoms with E-state index in [0.29, 0.717) is 0 Å². The van der Waals surface area contributed by atoms with Crippen LogP contribution in [0.25, 0.3) is 22.6 Å². The molecule has 0 saturated carbocycles. The Hall–Kier alpha value is -2.48. The van der Waals surface area contributed by atoms with Gasteiger partial charge in [0.05, 0.1) is 17.1 Å². The summed E-state index contributed by atoms with van der Waals surface area (Å²) in [5.74, 6) is 0. The van der Waals surface area contributed by atoms with Crippen molar-refractivity contribution in [2.75, 3.05) is 0 Å². The molecule has 0 N–H and O–H groups in total. The number of pyridine rings is 2. The second-order valence-electron chi connectivity index (χ2n) is 5.85. The fourth-order valence-electron chi connectivity index (χ4n) is 3.60. The fourth-order valence-corrected chi connectivity index (χ4v) is 3.60. The lowest BCUT2D eigenvalue weighted by atomic mass is 9.91. The van der Waals surface area contributed by atoms with Crippen molar-refractivity contribution in [2.24, 2.45) is 0 Å². The number of rotatable bonds is 0. The Morgan fingerprint density at radius 1 is 0.714 bits per heavy atom. The minimum absolute atomic E-state index is 1.01. The molecule has 21 heavy (non-hydrogen) atoms. The van der Waals surface area contributed by atoms with Gasteiger partial charge in [0.15, 0.2) is 0 Å². The lowest BCUT2D eigenvalue weighted by molar-refractivity contribution is 0.909. The Morgan fingerprint density at radius 2 is 1.57 bits per heavy atom. The predicted molar refractivity (Wildman–Crippen MR) is 83.1 cm³/mol. The van der Waals surface area contributed by atoms with E-state index in [1.54, 1.807) is 0 Å². The molecule has 2 aliphatic rings. The molecule has 5 rings (SSSR count). The zero-order valence-corrected chi connectivity index (χ0v) is 11.6. The molecule has 0 saturated heterocycles. The van der Waals surface area contributed by atoms with Crippen molar-refractivity contribution in [3.63, 3.8) is 0 Å². The van der Waals surface area contributed by atoms with Gasteiger partial charge in [-0.3, -0.25) is 4.98 Å². The highest BCUT2D eigenvalue weighted by Crippen LogP contribution is 2.39. The number of nitrogens with zero attached hydrogens (tertiary/aromatic N) is 2. The van der Waals surface area contributed by atoms with Gasteiger partial charge in [0, 0.05) is 18.2 Å². The second kappa shape index (κ2) is 4.01. The lowest BCUT2D eigenvalue weighted by Gasteiger charge is -2.19. The summed E-state index contributed by atoms with van der Waals surface area (Å²) in [5.41, 5.74) is 10.0. The zero-order chi connectivity index (χ0) is 13.8. The van der Waals surface area contributed by atoms with Crippen molar-refractivity contribution < 1.29 is 0 Å². The van der Waals surface area contributed by atoms with Crippen LogP contribution in [-0.4, -0.2) is 9.97 Å². The molecular weight excluding hydrogens is 256 g/mol. The molecule has 0 amide bonds. The maximum absolute atomic E-state index is 5.01. The Kier molecular flexibility index (Phi) is 2.14. The van der Waals surface area contributed by atoms with Crippen LogP contribution >= 0.6 is 0 Å². The molecule has 0 spiro atoms. The minimum Gasteiger partial charge on any atom is -0.254 e. The largest absolute Gasteiger partial charge is 0.254 e. The van der Waals surface area contributed by atoms with Crippen LogP contribution in [0.1, 0.15) is 22.3 Å². The van der Waals surface area contributed by atoms with Gasteiger partial charge in [-0.1, -0.05) is 36.4 Å². The van der Waals surface area contributed by atoms with E-state index in [-0.39, 0.29) is 0 Å². The number of fused-ring (bicyclic) bond motifs is 6. The molecule has 100 valence electrons. The zero-order valence-electron chi connectivity index (χ0n) is 11.6. The maximum Gasteiger partial charge on any atom is 0.0928 e. The van der Waals surface area contributed by atoms with Gasteiger partial charge in [-0.2, -0.15) is 0 Å². The Balaban J connectivity index is 1.78. The Bertz CT molecular complexity index is 880. The molecule has 0 aliphatic heterocycles. The van der Waals surface area contributed by atoms with Gasteiger partial charge >= 0.3 is 0 Å². The first kappa shape index (κ1) is 11.2. The molecule has 2 aliphatic carbocycles. The van der Waals surface area contributed by atoms with Gasteiger partial charge in [-0.15, -0.1) is 0 Å². The van der Waals surface area contributed by atoms with Crippen molar-refractivity contribution in [3.05, 3.63) is 70.9 Å². The van der Waals surface area contributed by atoms with Crippen LogP contribution in [0.4, 0.5) is 0 Å². The van der Waals surface area contributed by atoms with Crippen LogP contribution in [0.2, 0.25) is 0 Å². The normalized spacial score (nSPS) is 14.1. The molecule has 0 fully saturated rings. The molecule has 0 atom stereocenters. The Morgan fingerprint density at radius 3 is 2.57 bits per heavy atom. The number of hydrogen-bond acceptors (Lipinski definition) is 2. The van der Waals surface area contributed by atoms with Crippen LogP contribution in [0.15, 0.2) is 48.7 Å². The molecule has 0 bridgehead atoms. The summed E-state index contributed by atoms with van der Waals surface area (Å²) in [4.78, 5) is 9.59. The van der Waals surface area contributed by atoms with E-state index in [4.69, 9.17) is 4.98 Å². The van der Waals surface area contributed by atoms with Gasteiger partial charge in [-0.25, -0.2) is 4.98 Å². The summed E-state index contributed by atoms with van der Waals surface area (Å²) in [5, 5.41) is 0. The quantitative estimate of drug-likeness (QED) is 0.485. The molecule has 2 heterocycles. The SMILES string of the molecule is c1ccc2c(c1)Cc1cc3c(nc1-2)-c1ncccc1CC3. The Labute approximate surface area is 123 Å². The monoisotopic (exact) mass is 270 g/mol. The van der Waals surface area contributed by atoms with E-state index in [0.717, 1.165) is 36.3 Å². The number of hydrogen-bond donors (Lipinski definition) is 0. The highest BCUT2D eigenvalue weighted by atomic mass is 14.8. The van der Waals surface area contributed by atoms with Gasteiger partial charge < -0.3 is 0 Å². The first-order valence-corrected chi connectivity index (χ1v) is 7.45. The number of aromatic nitrogens is 2. The van der Waals surface area contributed by atoms with E-state index >= 15 is 0 Å². The van der Waals surface area contributed by atoms with Gasteiger partial charge in [-0.05, 0) is 41.2 Å². The smallest absolute Gasteiger partial charge is 0.0928 e. The third-order valence-corrected chi connectivity index (χ3v) is 4.61. The van der Waals surface area contributed by atoms with Crippen molar-refractivity contribution in [1.82, 2.24) is 9.97 Å². The van der Waals surface area contributed by atoms with E-state index in [2.05, 4.69) is 41.4 Å². The molecule has 1 aromatic carbocycles. The van der Waals surface area contributed by atoms with Crippen LogP contribution in [0.3, 0.4) is 0 Å². The number of aryl methyl sites for hydroxylation is 2. The molecule has 0 radical (unpaired) electrons. The number of benzene rings is 1. The fraction of sp³-hybridized carbons (Fsp3) is 0.158. The van der Waals surface area contributed by atoms with Crippen molar-refractivity contribution in [1.29, 1.82) is 0 Å². The molecule has 2 heteroatoms. The highest BCUT2D eigenvalue weighted by Gasteiger charge is 2.25. The van der Waals surface area contributed by atoms with Gasteiger partial charge in [0.1, 0.15) is 0 Å². The van der Waals surface area contributed by atoms with Crippen molar-refractivity contribution in [2.45, 2.75) is 19.3 Å². The van der Waals surface area contributed by atoms with Gasteiger partial charge in [0.2, 0.25) is 0 Å². The molecule has 0 unspecified atom stereocenters. The average molecular weight is 270 g/mol. The lowest BCUT2D eigenvalue weighted by Crippen LogP contribution is -2.08. The van der Waals surface area contributed by atoms with E-state index in [1.807, 2.05) is 12.3 Å². The van der Waals surface area contributed by atoms with E-state index in [9.17, 15) is 0 Å². The predicted octanol–water partition coefficient (Wildman–Crippen LogP) is 3.81. The standard InChI is InChI=1S/C19H14N2/c1-2-6-16-13(4-1)10-15-11-14-8-7-12-5-3-9-20-18(12)19(14)21-17(15)16/h1-6,9,11H,7-8,10H2. The molecule has 3 aromatic rings. The molecular formula is C19H14N2. The molecule has 2 aromatic heterocycles. The van der Waals surface area contributed by atoms with Gasteiger partial charge in [0.25, 0.3) is 0 Å². The first-order chi connectivity index (χ1) is 10.4. The minimum atomic E-state index is 1.01. The van der Waals surface area contributed by atoms with E-state index < -0.39 is 0 Å². The second-order valence-corrected chi connectivity index (χ2v) is 5.85. The third-order valence-electron chi connectivity index (χ3n) is 4.61. The van der Waals surface area contributed by atoms with Crippen molar-refractivity contribution >= 4 is 0 Å². The highest BCUT2D eigenvalue weighted by molar-refractivity contribution is 5.78. The summed E-state index contributed by atoms with van der Waals surface area (Å²) >= 11 is 0. The average Bonchev–Trinajstić information content (AvgIpc) is 2.90. The van der Waals surface area contributed by atoms with Crippen molar-refractivity contribution in [3.8, 4) is 22.6 Å². The summed E-state index contributed by atoms with van der Waals surface area (Å²) in [6.07, 6.45) is 5.03.